The summed E-state index contributed by atoms with van der Waals surface area (Å²) in [5.41, 5.74) is 9.80. The molecule has 0 aliphatic heterocycles. The molecular weight excluding hydrogens is 531 g/mol. The molecule has 0 unspecified atom stereocenters. The van der Waals surface area contributed by atoms with Gasteiger partial charge in [-0.1, -0.05) is 72.8 Å². The summed E-state index contributed by atoms with van der Waals surface area (Å²) in [7, 11) is 0. The van der Waals surface area contributed by atoms with Gasteiger partial charge in [0.25, 0.3) is 0 Å². The fourth-order valence-corrected chi connectivity index (χ4v) is 4.53. The Labute approximate surface area is 215 Å². The molecule has 4 aromatic rings. The first kappa shape index (κ1) is 24.0. The van der Waals surface area contributed by atoms with Crippen molar-refractivity contribution in [2.75, 3.05) is 0 Å². The Hall–Kier alpha value is -3.18. The normalized spacial score (nSPS) is 11.1. The Morgan fingerprint density at radius 1 is 0.765 bits per heavy atom. The van der Waals surface area contributed by atoms with Crippen LogP contribution in [0.25, 0.3) is 23.3 Å². The third-order valence-electron chi connectivity index (χ3n) is 6.06. The second-order valence-electron chi connectivity index (χ2n) is 8.46. The molecule has 0 fully saturated rings. The van der Waals surface area contributed by atoms with E-state index in [0.717, 1.165) is 28.5 Å². The van der Waals surface area contributed by atoms with Crippen LogP contribution in [0.2, 0.25) is 0 Å². The lowest BCUT2D eigenvalue weighted by Gasteiger charge is -2.13. The van der Waals surface area contributed by atoms with Crippen molar-refractivity contribution in [3.05, 3.63) is 121 Å². The van der Waals surface area contributed by atoms with Crippen LogP contribution in [0, 0.1) is 24.3 Å². The number of hydrogen-bond donors (Lipinski definition) is 0. The number of ether oxygens (including phenoxy) is 1. The summed E-state index contributed by atoms with van der Waals surface area (Å²) in [4.78, 5) is 11.7. The van der Waals surface area contributed by atoms with Gasteiger partial charge in [0.15, 0.2) is 6.29 Å². The molecular formula is C31H27IO2. The van der Waals surface area contributed by atoms with Crippen LogP contribution in [0.3, 0.4) is 0 Å². The Bertz CT molecular complexity index is 1350. The Morgan fingerprint density at radius 3 is 2.26 bits per heavy atom. The maximum absolute atomic E-state index is 11.7. The minimum Gasteiger partial charge on any atom is -0.488 e. The number of hydrogen-bond acceptors (Lipinski definition) is 2. The van der Waals surface area contributed by atoms with E-state index in [-0.39, 0.29) is 0 Å². The van der Waals surface area contributed by atoms with Gasteiger partial charge in [-0.2, -0.15) is 0 Å². The van der Waals surface area contributed by atoms with E-state index >= 15 is 0 Å². The summed E-state index contributed by atoms with van der Waals surface area (Å²) in [5, 5.41) is 0. The third kappa shape index (κ3) is 5.48. The van der Waals surface area contributed by atoms with Gasteiger partial charge in [-0.05, 0) is 106 Å². The second-order valence-corrected chi connectivity index (χ2v) is 9.62. The minimum atomic E-state index is 0.418. The van der Waals surface area contributed by atoms with E-state index in [2.05, 4.69) is 109 Å². The summed E-state index contributed by atoms with van der Waals surface area (Å²) in [6.45, 7) is 6.68. The number of carbonyl (C=O) groups is 1. The maximum Gasteiger partial charge on any atom is 0.153 e. The lowest BCUT2D eigenvalue weighted by Crippen LogP contribution is -2.00. The van der Waals surface area contributed by atoms with Crippen molar-refractivity contribution >= 4 is 41.0 Å². The van der Waals surface area contributed by atoms with Crippen LogP contribution in [0.5, 0.6) is 5.75 Å². The van der Waals surface area contributed by atoms with Crippen LogP contribution >= 0.6 is 22.6 Å². The molecule has 0 bridgehead atoms. The van der Waals surface area contributed by atoms with E-state index < -0.39 is 0 Å². The Balaban J connectivity index is 1.61. The molecule has 2 nitrogen and oxygen atoms in total. The van der Waals surface area contributed by atoms with Gasteiger partial charge in [0, 0.05) is 3.57 Å². The van der Waals surface area contributed by atoms with Gasteiger partial charge in [0.1, 0.15) is 12.4 Å². The van der Waals surface area contributed by atoms with Crippen LogP contribution in [-0.2, 0) is 6.61 Å². The van der Waals surface area contributed by atoms with Crippen LogP contribution in [0.4, 0.5) is 0 Å². The molecule has 170 valence electrons. The molecule has 0 aliphatic carbocycles. The Kier molecular flexibility index (Phi) is 7.63. The number of carbonyl (C=O) groups excluding carboxylic acids is 1. The highest BCUT2D eigenvalue weighted by molar-refractivity contribution is 14.1. The number of rotatable bonds is 7. The molecule has 0 atom stereocenters. The maximum atomic E-state index is 11.7. The van der Waals surface area contributed by atoms with Crippen LogP contribution in [-0.4, -0.2) is 6.29 Å². The van der Waals surface area contributed by atoms with Crippen molar-refractivity contribution in [2.45, 2.75) is 27.4 Å². The van der Waals surface area contributed by atoms with E-state index in [1.54, 1.807) is 0 Å². The van der Waals surface area contributed by atoms with E-state index in [1.165, 1.54) is 25.8 Å². The van der Waals surface area contributed by atoms with Gasteiger partial charge < -0.3 is 4.74 Å². The molecule has 0 spiro atoms. The second kappa shape index (κ2) is 10.8. The van der Waals surface area contributed by atoms with Crippen LogP contribution in [0.15, 0.2) is 78.9 Å². The summed E-state index contributed by atoms with van der Waals surface area (Å²) in [6, 6.07) is 27.0. The fraction of sp³-hybridized carbons (Fsp3) is 0.129. The first-order valence-corrected chi connectivity index (χ1v) is 12.3. The summed E-state index contributed by atoms with van der Waals surface area (Å²) in [5.74, 6) is 0.602. The van der Waals surface area contributed by atoms with Crippen LogP contribution < -0.4 is 4.74 Å². The molecule has 34 heavy (non-hydrogen) atoms. The lowest BCUT2D eigenvalue weighted by molar-refractivity contribution is 0.111. The average molecular weight is 558 g/mol. The topological polar surface area (TPSA) is 26.3 Å². The van der Waals surface area contributed by atoms with Gasteiger partial charge in [0.05, 0.1) is 5.56 Å². The highest BCUT2D eigenvalue weighted by Gasteiger charge is 2.09. The van der Waals surface area contributed by atoms with Crippen molar-refractivity contribution < 1.29 is 9.53 Å². The quantitative estimate of drug-likeness (QED) is 0.129. The first-order valence-electron chi connectivity index (χ1n) is 11.3. The SMILES string of the molecule is Cc1ccc(COc2cc(/C=C/c3cccc(-c4ccccc4)c3C)c(C)cc2C=O)cc1I. The lowest BCUT2D eigenvalue weighted by atomic mass is 9.95. The zero-order valence-electron chi connectivity index (χ0n) is 19.6. The number of benzene rings is 4. The molecule has 0 aliphatic rings. The standard InChI is InChI=1S/C31H27IO2/c1-21-12-13-24(17-30(21)32)20-34-31-18-27(22(2)16-28(31)19-33)15-14-25-10-7-11-29(23(25)3)26-8-5-4-6-9-26/h4-19H,20H2,1-3H3/b15-14+. The van der Waals surface area contributed by atoms with Crippen molar-refractivity contribution in [1.29, 1.82) is 0 Å². The molecule has 3 heteroatoms. The molecule has 0 aromatic heterocycles. The molecule has 0 heterocycles. The first-order chi connectivity index (χ1) is 16.5. The molecule has 0 amide bonds. The van der Waals surface area contributed by atoms with Gasteiger partial charge in [-0.3, -0.25) is 4.79 Å². The van der Waals surface area contributed by atoms with Crippen molar-refractivity contribution in [2.24, 2.45) is 0 Å². The summed E-state index contributed by atoms with van der Waals surface area (Å²) >= 11 is 2.33. The largest absolute Gasteiger partial charge is 0.488 e. The highest BCUT2D eigenvalue weighted by Crippen LogP contribution is 2.29. The van der Waals surface area contributed by atoms with E-state index in [4.69, 9.17) is 4.74 Å². The van der Waals surface area contributed by atoms with Crippen molar-refractivity contribution in [3.8, 4) is 16.9 Å². The number of aryl methyl sites for hydroxylation is 2. The molecule has 4 rings (SSSR count). The average Bonchev–Trinajstić information content (AvgIpc) is 2.85. The zero-order chi connectivity index (χ0) is 24.1. The molecule has 0 radical (unpaired) electrons. The fourth-order valence-electron chi connectivity index (χ4n) is 3.95. The molecule has 4 aromatic carbocycles. The molecule has 0 saturated heterocycles. The predicted octanol–water partition coefficient (Wildman–Crippen LogP) is 8.45. The van der Waals surface area contributed by atoms with E-state index in [9.17, 15) is 4.79 Å². The minimum absolute atomic E-state index is 0.418. The van der Waals surface area contributed by atoms with Gasteiger partial charge in [0.2, 0.25) is 0 Å². The molecule has 0 N–H and O–H groups in total. The number of halogens is 1. The van der Waals surface area contributed by atoms with Crippen LogP contribution in [0.1, 0.15) is 43.7 Å². The molecule has 0 saturated carbocycles. The van der Waals surface area contributed by atoms with Gasteiger partial charge in [-0.25, -0.2) is 0 Å². The van der Waals surface area contributed by atoms with Crippen molar-refractivity contribution in [3.63, 3.8) is 0 Å². The van der Waals surface area contributed by atoms with E-state index in [1.807, 2.05) is 25.1 Å². The third-order valence-corrected chi connectivity index (χ3v) is 7.22. The smallest absolute Gasteiger partial charge is 0.153 e. The summed E-state index contributed by atoms with van der Waals surface area (Å²) < 4.78 is 7.29. The highest BCUT2D eigenvalue weighted by atomic mass is 127. The number of aldehydes is 1. The monoisotopic (exact) mass is 558 g/mol. The predicted molar refractivity (Wildman–Crippen MR) is 150 cm³/mol. The van der Waals surface area contributed by atoms with Crippen molar-refractivity contribution in [1.82, 2.24) is 0 Å². The van der Waals surface area contributed by atoms with E-state index in [0.29, 0.717) is 17.9 Å². The van der Waals surface area contributed by atoms with Gasteiger partial charge >= 0.3 is 0 Å². The summed E-state index contributed by atoms with van der Waals surface area (Å²) in [6.07, 6.45) is 5.10. The van der Waals surface area contributed by atoms with Gasteiger partial charge in [-0.15, -0.1) is 0 Å². The zero-order valence-corrected chi connectivity index (χ0v) is 21.8. The Morgan fingerprint density at radius 2 is 1.53 bits per heavy atom.